The molecule has 31 heavy (non-hydrogen) atoms. The summed E-state index contributed by atoms with van der Waals surface area (Å²) in [6.07, 6.45) is 4.06. The van der Waals surface area contributed by atoms with Crippen molar-refractivity contribution in [1.29, 1.82) is 0 Å². The second-order valence-electron chi connectivity index (χ2n) is 8.60. The van der Waals surface area contributed by atoms with Crippen molar-refractivity contribution >= 4 is 29.1 Å². The van der Waals surface area contributed by atoms with Crippen LogP contribution in [0.4, 0.5) is 11.4 Å². The second-order valence-corrected chi connectivity index (χ2v) is 8.60. The Kier molecular flexibility index (Phi) is 5.20. The zero-order valence-electron chi connectivity index (χ0n) is 18.4. The fourth-order valence-electron chi connectivity index (χ4n) is 4.56. The number of rotatable bonds is 3. The van der Waals surface area contributed by atoms with E-state index in [2.05, 4.69) is 5.10 Å². The van der Waals surface area contributed by atoms with Gasteiger partial charge in [-0.15, -0.1) is 0 Å². The summed E-state index contributed by atoms with van der Waals surface area (Å²) >= 11 is 0. The van der Waals surface area contributed by atoms with Crippen LogP contribution in [0.3, 0.4) is 0 Å². The molecule has 1 atom stereocenters. The zero-order valence-corrected chi connectivity index (χ0v) is 18.4. The molecule has 1 aromatic carbocycles. The minimum atomic E-state index is -0.607. The van der Waals surface area contributed by atoms with E-state index < -0.39 is 5.54 Å². The molecule has 2 aliphatic heterocycles. The lowest BCUT2D eigenvalue weighted by atomic mass is 9.92. The van der Waals surface area contributed by atoms with Crippen molar-refractivity contribution in [3.63, 3.8) is 0 Å². The average Bonchev–Trinajstić information content (AvgIpc) is 3.36. The van der Waals surface area contributed by atoms with E-state index in [4.69, 9.17) is 0 Å². The van der Waals surface area contributed by atoms with E-state index in [9.17, 15) is 14.4 Å². The van der Waals surface area contributed by atoms with Crippen LogP contribution < -0.4 is 9.80 Å². The number of nitrogens with zero attached hydrogens (tertiary/aromatic N) is 6. The number of benzene rings is 1. The molecule has 164 valence electrons. The summed E-state index contributed by atoms with van der Waals surface area (Å²) in [4.78, 5) is 45.6. The third kappa shape index (κ3) is 3.75. The van der Waals surface area contributed by atoms with Crippen LogP contribution in [-0.4, -0.2) is 83.1 Å². The summed E-state index contributed by atoms with van der Waals surface area (Å²) in [5.74, 6) is -0.353. The lowest BCUT2D eigenvalue weighted by Crippen LogP contribution is -2.67. The Bertz CT molecular complexity index is 1030. The Morgan fingerprint density at radius 2 is 1.97 bits per heavy atom. The van der Waals surface area contributed by atoms with Crippen molar-refractivity contribution in [1.82, 2.24) is 19.6 Å². The van der Waals surface area contributed by atoms with Gasteiger partial charge in [-0.1, -0.05) is 6.07 Å². The monoisotopic (exact) mass is 424 g/mol. The molecule has 1 aromatic heterocycles. The molecule has 4 rings (SSSR count). The lowest BCUT2D eigenvalue weighted by Gasteiger charge is -2.47. The predicted octanol–water partition coefficient (Wildman–Crippen LogP) is 0.966. The molecule has 3 heterocycles. The number of carbonyl (C=O) groups excluding carboxylic acids is 3. The number of carbonyl (C=O) groups is 3. The van der Waals surface area contributed by atoms with Gasteiger partial charge < -0.3 is 19.6 Å². The predicted molar refractivity (Wildman–Crippen MR) is 117 cm³/mol. The van der Waals surface area contributed by atoms with Crippen molar-refractivity contribution in [2.45, 2.75) is 18.9 Å². The van der Waals surface area contributed by atoms with Crippen molar-refractivity contribution in [3.05, 3.63) is 42.2 Å². The van der Waals surface area contributed by atoms with Gasteiger partial charge >= 0.3 is 0 Å². The van der Waals surface area contributed by atoms with E-state index in [-0.39, 0.29) is 24.3 Å². The first kappa shape index (κ1) is 20.9. The number of likely N-dealkylation sites (tertiary alicyclic amines) is 1. The van der Waals surface area contributed by atoms with Crippen molar-refractivity contribution in [2.24, 2.45) is 7.05 Å². The summed E-state index contributed by atoms with van der Waals surface area (Å²) in [5, 5.41) is 4.17. The van der Waals surface area contributed by atoms with Crippen molar-refractivity contribution < 1.29 is 14.4 Å². The first-order valence-electron chi connectivity index (χ1n) is 10.3. The van der Waals surface area contributed by atoms with Crippen LogP contribution >= 0.6 is 0 Å². The highest BCUT2D eigenvalue weighted by molar-refractivity contribution is 5.99. The number of anilines is 2. The molecular weight excluding hydrogens is 396 g/mol. The van der Waals surface area contributed by atoms with E-state index in [1.54, 1.807) is 38.8 Å². The Morgan fingerprint density at radius 1 is 1.19 bits per heavy atom. The van der Waals surface area contributed by atoms with Gasteiger partial charge in [0.2, 0.25) is 11.8 Å². The van der Waals surface area contributed by atoms with E-state index in [1.807, 2.05) is 43.3 Å². The van der Waals surface area contributed by atoms with Crippen LogP contribution in [0.5, 0.6) is 0 Å². The standard InChI is InChI=1S/C22H28N6O3/c1-16(29)28-13-20(30)27(19-11-23-25(4)12-19)15-22(28)8-9-26(14-22)21(31)17-6-5-7-18(10-17)24(2)3/h5-7,10-12H,8-9,13-15H2,1-4H3/t22-/m1/s1. The van der Waals surface area contributed by atoms with Crippen LogP contribution in [-0.2, 0) is 16.6 Å². The average molecular weight is 425 g/mol. The maximum Gasteiger partial charge on any atom is 0.254 e. The SMILES string of the molecule is CC(=O)N1CC(=O)N(c2cnn(C)c2)C[C@]12CCN(C(=O)c1cccc(N(C)C)c1)C2. The molecule has 2 aliphatic rings. The highest BCUT2D eigenvalue weighted by Gasteiger charge is 2.51. The van der Waals surface area contributed by atoms with Gasteiger partial charge in [0.05, 0.1) is 24.0 Å². The largest absolute Gasteiger partial charge is 0.378 e. The quantitative estimate of drug-likeness (QED) is 0.733. The van der Waals surface area contributed by atoms with E-state index in [1.165, 1.54) is 6.92 Å². The van der Waals surface area contributed by atoms with Gasteiger partial charge in [-0.05, 0) is 24.6 Å². The van der Waals surface area contributed by atoms with Crippen LogP contribution in [0, 0.1) is 0 Å². The Morgan fingerprint density at radius 3 is 2.61 bits per heavy atom. The molecule has 9 heteroatoms. The molecule has 0 N–H and O–H groups in total. The first-order chi connectivity index (χ1) is 14.7. The number of aromatic nitrogens is 2. The molecule has 9 nitrogen and oxygen atoms in total. The second kappa shape index (κ2) is 7.72. The fourth-order valence-corrected chi connectivity index (χ4v) is 4.56. The number of hydrogen-bond acceptors (Lipinski definition) is 5. The fraction of sp³-hybridized carbons (Fsp3) is 0.455. The van der Waals surface area contributed by atoms with Crippen molar-refractivity contribution in [2.75, 3.05) is 50.1 Å². The normalized spacial score (nSPS) is 21.2. The zero-order chi connectivity index (χ0) is 22.3. The maximum atomic E-state index is 13.3. The van der Waals surface area contributed by atoms with E-state index in [0.717, 1.165) is 5.69 Å². The van der Waals surface area contributed by atoms with Gasteiger partial charge in [-0.2, -0.15) is 5.10 Å². The number of hydrogen-bond donors (Lipinski definition) is 0. The van der Waals surface area contributed by atoms with Crippen LogP contribution in [0.1, 0.15) is 23.7 Å². The minimum absolute atomic E-state index is 0.00235. The Labute approximate surface area is 181 Å². The lowest BCUT2D eigenvalue weighted by molar-refractivity contribution is -0.142. The molecule has 0 saturated carbocycles. The van der Waals surface area contributed by atoms with E-state index >= 15 is 0 Å². The minimum Gasteiger partial charge on any atom is -0.378 e. The van der Waals surface area contributed by atoms with Gasteiger partial charge in [-0.3, -0.25) is 19.1 Å². The molecule has 3 amide bonds. The summed E-state index contributed by atoms with van der Waals surface area (Å²) in [6, 6.07) is 7.52. The van der Waals surface area contributed by atoms with Gasteiger partial charge in [-0.25, -0.2) is 0 Å². The molecule has 0 radical (unpaired) electrons. The highest BCUT2D eigenvalue weighted by atomic mass is 16.2. The molecule has 2 aromatic rings. The molecule has 1 spiro atoms. The highest BCUT2D eigenvalue weighted by Crippen LogP contribution is 2.35. The summed E-state index contributed by atoms with van der Waals surface area (Å²) in [5.41, 5.74) is 1.67. The van der Waals surface area contributed by atoms with Crippen LogP contribution in [0.15, 0.2) is 36.7 Å². The third-order valence-electron chi connectivity index (χ3n) is 6.23. The first-order valence-corrected chi connectivity index (χ1v) is 10.3. The molecule has 2 saturated heterocycles. The number of piperazine rings is 1. The van der Waals surface area contributed by atoms with Gasteiger partial charge in [0, 0.05) is 58.6 Å². The Balaban J connectivity index is 1.60. The third-order valence-corrected chi connectivity index (χ3v) is 6.23. The molecular formula is C22H28N6O3. The smallest absolute Gasteiger partial charge is 0.254 e. The Hall–Kier alpha value is -3.36. The van der Waals surface area contributed by atoms with E-state index in [0.29, 0.717) is 37.3 Å². The summed E-state index contributed by atoms with van der Waals surface area (Å²) in [7, 11) is 5.67. The molecule has 0 aliphatic carbocycles. The van der Waals surface area contributed by atoms with Gasteiger partial charge in [0.25, 0.3) is 5.91 Å². The number of amides is 3. The number of aryl methyl sites for hydroxylation is 1. The molecule has 0 unspecified atom stereocenters. The topological polar surface area (TPSA) is 82.0 Å². The van der Waals surface area contributed by atoms with Gasteiger partial charge in [0.15, 0.2) is 0 Å². The maximum absolute atomic E-state index is 13.3. The van der Waals surface area contributed by atoms with Crippen LogP contribution in [0.2, 0.25) is 0 Å². The van der Waals surface area contributed by atoms with Crippen molar-refractivity contribution in [3.8, 4) is 0 Å². The van der Waals surface area contributed by atoms with Gasteiger partial charge in [0.1, 0.15) is 6.54 Å². The molecule has 2 fully saturated rings. The summed E-state index contributed by atoms with van der Waals surface area (Å²) < 4.78 is 1.65. The summed E-state index contributed by atoms with van der Waals surface area (Å²) in [6.45, 7) is 2.76. The van der Waals surface area contributed by atoms with Crippen LogP contribution in [0.25, 0.3) is 0 Å². The molecule has 0 bridgehead atoms.